The molecule has 1 heterocycles. The Morgan fingerprint density at radius 3 is 2.33 bits per heavy atom. The molecule has 1 N–H and O–H groups in total. The Morgan fingerprint density at radius 1 is 1.15 bits per heavy atom. The van der Waals surface area contributed by atoms with Crippen molar-refractivity contribution >= 4 is 11.7 Å². The van der Waals surface area contributed by atoms with Gasteiger partial charge in [-0.3, -0.25) is 9.80 Å². The van der Waals surface area contributed by atoms with Gasteiger partial charge in [-0.1, -0.05) is 12.2 Å². The maximum absolute atomic E-state index is 12.5. The fourth-order valence-corrected chi connectivity index (χ4v) is 3.08. The molecule has 0 radical (unpaired) electrons. The summed E-state index contributed by atoms with van der Waals surface area (Å²) >= 11 is 0. The van der Waals surface area contributed by atoms with Crippen LogP contribution in [0.3, 0.4) is 0 Å². The molecule has 0 spiro atoms. The quantitative estimate of drug-likeness (QED) is 0.642. The van der Waals surface area contributed by atoms with E-state index in [1.807, 2.05) is 48.2 Å². The van der Waals surface area contributed by atoms with Gasteiger partial charge in [0.15, 0.2) is 0 Å². The van der Waals surface area contributed by atoms with Crippen LogP contribution in [0.5, 0.6) is 5.75 Å². The van der Waals surface area contributed by atoms with E-state index in [2.05, 4.69) is 28.3 Å². The van der Waals surface area contributed by atoms with Crippen LogP contribution in [0.25, 0.3) is 0 Å². The third-order valence-electron chi connectivity index (χ3n) is 4.58. The lowest BCUT2D eigenvalue weighted by Gasteiger charge is -2.35. The van der Waals surface area contributed by atoms with Crippen LogP contribution in [-0.2, 0) is 0 Å². The lowest BCUT2D eigenvalue weighted by Crippen LogP contribution is -2.51. The molecule has 2 amide bonds. The van der Waals surface area contributed by atoms with E-state index in [1.54, 1.807) is 0 Å². The van der Waals surface area contributed by atoms with Crippen LogP contribution in [0.4, 0.5) is 10.5 Å². The highest BCUT2D eigenvalue weighted by atomic mass is 16.5. The number of nitrogens with zero attached hydrogens (tertiary/aromatic N) is 3. The lowest BCUT2D eigenvalue weighted by molar-refractivity contribution is 0.137. The topological polar surface area (TPSA) is 48.0 Å². The summed E-state index contributed by atoms with van der Waals surface area (Å²) in [4.78, 5) is 19.0. The summed E-state index contributed by atoms with van der Waals surface area (Å²) in [6.07, 6.45) is 3.85. The molecule has 0 bridgehead atoms. The van der Waals surface area contributed by atoms with E-state index >= 15 is 0 Å². The highest BCUT2D eigenvalue weighted by Gasteiger charge is 2.21. The zero-order valence-corrected chi connectivity index (χ0v) is 16.4. The average Bonchev–Trinajstić information content (AvgIpc) is 2.68. The molecule has 1 aromatic rings. The van der Waals surface area contributed by atoms with Gasteiger partial charge in [0.05, 0.1) is 6.61 Å². The first kappa shape index (κ1) is 21.0. The maximum Gasteiger partial charge on any atom is 0.321 e. The largest absolute Gasteiger partial charge is 0.494 e. The van der Waals surface area contributed by atoms with Crippen LogP contribution in [-0.4, -0.2) is 79.7 Å². The van der Waals surface area contributed by atoms with Crippen LogP contribution in [0.2, 0.25) is 0 Å². The van der Waals surface area contributed by atoms with Gasteiger partial charge in [0.1, 0.15) is 5.75 Å². The van der Waals surface area contributed by atoms with E-state index in [0.29, 0.717) is 6.61 Å². The molecular formula is C21H32N4O2. The van der Waals surface area contributed by atoms with Crippen molar-refractivity contribution in [2.24, 2.45) is 0 Å². The van der Waals surface area contributed by atoms with Crippen molar-refractivity contribution in [1.29, 1.82) is 0 Å². The molecule has 1 saturated heterocycles. The number of hydrogen-bond acceptors (Lipinski definition) is 4. The van der Waals surface area contributed by atoms with Crippen molar-refractivity contribution in [3.63, 3.8) is 0 Å². The van der Waals surface area contributed by atoms with Crippen molar-refractivity contribution in [2.45, 2.75) is 6.92 Å². The van der Waals surface area contributed by atoms with Crippen molar-refractivity contribution in [3.05, 3.63) is 49.6 Å². The second-order valence-electron chi connectivity index (χ2n) is 6.55. The van der Waals surface area contributed by atoms with E-state index in [4.69, 9.17) is 4.74 Å². The van der Waals surface area contributed by atoms with Gasteiger partial charge in [-0.2, -0.15) is 0 Å². The molecule has 0 aromatic heterocycles. The molecule has 1 fully saturated rings. The highest BCUT2D eigenvalue weighted by Crippen LogP contribution is 2.16. The number of ether oxygens (including phenoxy) is 1. The first-order valence-electron chi connectivity index (χ1n) is 9.61. The van der Waals surface area contributed by atoms with Crippen LogP contribution < -0.4 is 10.1 Å². The molecule has 0 aliphatic carbocycles. The lowest BCUT2D eigenvalue weighted by atomic mass is 10.3. The van der Waals surface area contributed by atoms with Crippen molar-refractivity contribution in [1.82, 2.24) is 14.7 Å². The molecule has 1 aliphatic heterocycles. The summed E-state index contributed by atoms with van der Waals surface area (Å²) in [6.45, 7) is 17.2. The zero-order chi connectivity index (χ0) is 19.5. The van der Waals surface area contributed by atoms with Gasteiger partial charge in [-0.25, -0.2) is 4.79 Å². The second kappa shape index (κ2) is 11.4. The Balaban J connectivity index is 1.73. The van der Waals surface area contributed by atoms with E-state index < -0.39 is 0 Å². The van der Waals surface area contributed by atoms with Gasteiger partial charge in [-0.05, 0) is 31.2 Å². The Bertz CT molecular complexity index is 585. The minimum absolute atomic E-state index is 0.0428. The van der Waals surface area contributed by atoms with E-state index in [-0.39, 0.29) is 6.03 Å². The van der Waals surface area contributed by atoms with Gasteiger partial charge in [0.2, 0.25) is 0 Å². The van der Waals surface area contributed by atoms with Crippen LogP contribution >= 0.6 is 0 Å². The summed E-state index contributed by atoms with van der Waals surface area (Å²) in [6, 6.07) is 7.43. The molecule has 1 aliphatic rings. The summed E-state index contributed by atoms with van der Waals surface area (Å²) in [5.74, 6) is 0.811. The number of piperazine rings is 1. The van der Waals surface area contributed by atoms with Crippen molar-refractivity contribution in [2.75, 3.05) is 64.3 Å². The molecule has 0 atom stereocenters. The first-order chi connectivity index (χ1) is 13.2. The summed E-state index contributed by atoms with van der Waals surface area (Å²) in [5, 5.41) is 2.96. The van der Waals surface area contributed by atoms with E-state index in [0.717, 1.165) is 63.8 Å². The average molecular weight is 373 g/mol. The Labute approximate surface area is 163 Å². The number of hydrogen-bond donors (Lipinski definition) is 1. The number of carbonyl (C=O) groups excluding carboxylic acids is 1. The third kappa shape index (κ3) is 7.07. The van der Waals surface area contributed by atoms with Crippen LogP contribution in [0, 0.1) is 0 Å². The smallest absolute Gasteiger partial charge is 0.321 e. The van der Waals surface area contributed by atoms with Crippen molar-refractivity contribution < 1.29 is 9.53 Å². The molecule has 0 saturated carbocycles. The molecular weight excluding hydrogens is 340 g/mol. The molecule has 1 aromatic carbocycles. The van der Waals surface area contributed by atoms with E-state index in [1.165, 1.54) is 0 Å². The highest BCUT2D eigenvalue weighted by molar-refractivity contribution is 5.89. The Kier molecular flexibility index (Phi) is 8.87. The SMILES string of the molecule is C=CCN(CC=C)CCN1CCN(C(=O)Nc2ccc(OCC)cc2)CC1. The van der Waals surface area contributed by atoms with Gasteiger partial charge in [0.25, 0.3) is 0 Å². The van der Waals surface area contributed by atoms with Gasteiger partial charge >= 0.3 is 6.03 Å². The predicted molar refractivity (Wildman–Crippen MR) is 111 cm³/mol. The molecule has 148 valence electrons. The van der Waals surface area contributed by atoms with Crippen molar-refractivity contribution in [3.8, 4) is 5.75 Å². The number of carbonyl (C=O) groups is 1. The van der Waals surface area contributed by atoms with E-state index in [9.17, 15) is 4.79 Å². The number of benzene rings is 1. The summed E-state index contributed by atoms with van der Waals surface area (Å²) < 4.78 is 5.42. The fourth-order valence-electron chi connectivity index (χ4n) is 3.08. The number of anilines is 1. The predicted octanol–water partition coefficient (Wildman–Crippen LogP) is 2.91. The molecule has 27 heavy (non-hydrogen) atoms. The van der Waals surface area contributed by atoms with Gasteiger partial charge in [0, 0.05) is 58.0 Å². The van der Waals surface area contributed by atoms with Gasteiger partial charge < -0.3 is 15.0 Å². The zero-order valence-electron chi connectivity index (χ0n) is 16.4. The second-order valence-corrected chi connectivity index (χ2v) is 6.55. The monoisotopic (exact) mass is 372 g/mol. The minimum Gasteiger partial charge on any atom is -0.494 e. The number of nitrogens with one attached hydrogen (secondary N) is 1. The Hall–Kier alpha value is -2.31. The standard InChI is InChI=1S/C21H32N4O2/c1-4-11-23(12-5-2)13-14-24-15-17-25(18-16-24)21(26)22-19-7-9-20(10-8-19)27-6-3/h4-5,7-10H,1-2,6,11-18H2,3H3,(H,22,26). The van der Waals surface area contributed by atoms with Crippen LogP contribution in [0.15, 0.2) is 49.6 Å². The first-order valence-corrected chi connectivity index (χ1v) is 9.61. The molecule has 6 nitrogen and oxygen atoms in total. The number of rotatable bonds is 10. The molecule has 0 unspecified atom stereocenters. The summed E-state index contributed by atoms with van der Waals surface area (Å²) in [7, 11) is 0. The Morgan fingerprint density at radius 2 is 1.78 bits per heavy atom. The fraction of sp³-hybridized carbons (Fsp3) is 0.476. The molecule has 6 heteroatoms. The maximum atomic E-state index is 12.5. The summed E-state index contributed by atoms with van der Waals surface area (Å²) in [5.41, 5.74) is 0.787. The number of amides is 2. The third-order valence-corrected chi connectivity index (χ3v) is 4.58. The normalized spacial score (nSPS) is 14.8. The minimum atomic E-state index is -0.0428. The number of urea groups is 1. The van der Waals surface area contributed by atoms with Crippen LogP contribution in [0.1, 0.15) is 6.92 Å². The van der Waals surface area contributed by atoms with Gasteiger partial charge in [-0.15, -0.1) is 13.2 Å². The molecule has 2 rings (SSSR count).